The van der Waals surface area contributed by atoms with Crippen LogP contribution in [0, 0.1) is 11.3 Å². The number of nitrogens with zero attached hydrogens (tertiary/aromatic N) is 2. The Kier molecular flexibility index (Phi) is 6.05. The summed E-state index contributed by atoms with van der Waals surface area (Å²) in [5.74, 6) is -1.15. The van der Waals surface area contributed by atoms with Gasteiger partial charge in [-0.1, -0.05) is 18.2 Å². The zero-order valence-corrected chi connectivity index (χ0v) is 15.8. The topological polar surface area (TPSA) is 101 Å². The number of aromatic nitrogens is 1. The molecule has 0 bridgehead atoms. The van der Waals surface area contributed by atoms with E-state index in [1.165, 1.54) is 19.1 Å². The van der Waals surface area contributed by atoms with Crippen LogP contribution < -0.4 is 5.32 Å². The third-order valence-electron chi connectivity index (χ3n) is 4.33. The summed E-state index contributed by atoms with van der Waals surface area (Å²) < 4.78 is 7.02. The van der Waals surface area contributed by atoms with Gasteiger partial charge in [0.2, 0.25) is 11.7 Å². The fraction of sp³-hybridized carbons (Fsp3) is 0.182. The number of carbonyl (C=O) groups excluding carboxylic acids is 3. The maximum absolute atomic E-state index is 12.7. The van der Waals surface area contributed by atoms with E-state index in [0.29, 0.717) is 24.2 Å². The average molecular weight is 389 g/mol. The highest BCUT2D eigenvalue weighted by Gasteiger charge is 2.17. The molecule has 0 radical (unpaired) electrons. The van der Waals surface area contributed by atoms with Gasteiger partial charge < -0.3 is 14.6 Å². The van der Waals surface area contributed by atoms with E-state index in [1.54, 1.807) is 18.3 Å². The standard InChI is InChI=1S/C22H19N3O4/c1-15(26)24-17-9-7-16(8-10-17)22(28)29-14-21(27)19-13-25(12-4-11-23)20-6-3-2-5-18(19)20/h2-3,5-10,13H,4,12,14H2,1H3,(H,24,26). The van der Waals surface area contributed by atoms with Crippen molar-refractivity contribution in [1.29, 1.82) is 5.26 Å². The third-order valence-corrected chi connectivity index (χ3v) is 4.33. The molecule has 0 atom stereocenters. The maximum atomic E-state index is 12.7. The zero-order valence-electron chi connectivity index (χ0n) is 15.8. The van der Waals surface area contributed by atoms with Gasteiger partial charge in [-0.2, -0.15) is 5.26 Å². The second-order valence-electron chi connectivity index (χ2n) is 6.42. The van der Waals surface area contributed by atoms with E-state index in [2.05, 4.69) is 11.4 Å². The highest BCUT2D eigenvalue weighted by molar-refractivity contribution is 6.09. The molecule has 0 spiro atoms. The quantitative estimate of drug-likeness (QED) is 0.492. The number of para-hydroxylation sites is 1. The molecule has 0 saturated carbocycles. The number of ether oxygens (including phenoxy) is 1. The Balaban J connectivity index is 1.70. The Labute approximate surface area is 167 Å². The second-order valence-corrected chi connectivity index (χ2v) is 6.42. The van der Waals surface area contributed by atoms with Gasteiger partial charge in [0.1, 0.15) is 0 Å². The molecule has 0 fully saturated rings. The van der Waals surface area contributed by atoms with Crippen LogP contribution in [0.25, 0.3) is 10.9 Å². The summed E-state index contributed by atoms with van der Waals surface area (Å²) in [7, 11) is 0. The SMILES string of the molecule is CC(=O)Nc1ccc(C(=O)OCC(=O)c2cn(CCC#N)c3ccccc23)cc1. The van der Waals surface area contributed by atoms with Gasteiger partial charge in [0, 0.05) is 41.8 Å². The molecule has 3 aromatic rings. The van der Waals surface area contributed by atoms with Crippen LogP contribution >= 0.6 is 0 Å². The van der Waals surface area contributed by atoms with Crippen molar-refractivity contribution in [2.45, 2.75) is 19.9 Å². The van der Waals surface area contributed by atoms with Crippen LogP contribution in [0.5, 0.6) is 0 Å². The molecule has 146 valence electrons. The van der Waals surface area contributed by atoms with Gasteiger partial charge in [-0.15, -0.1) is 0 Å². The maximum Gasteiger partial charge on any atom is 0.338 e. The van der Waals surface area contributed by atoms with E-state index in [9.17, 15) is 14.4 Å². The minimum Gasteiger partial charge on any atom is -0.454 e. The molecule has 1 aromatic heterocycles. The predicted molar refractivity (Wildman–Crippen MR) is 108 cm³/mol. The van der Waals surface area contributed by atoms with Crippen molar-refractivity contribution in [2.75, 3.05) is 11.9 Å². The molecular formula is C22H19N3O4. The normalized spacial score (nSPS) is 10.3. The first-order valence-corrected chi connectivity index (χ1v) is 9.02. The Morgan fingerprint density at radius 1 is 1.10 bits per heavy atom. The predicted octanol–water partition coefficient (Wildman–Crippen LogP) is 3.55. The number of nitriles is 1. The number of amides is 1. The van der Waals surface area contributed by atoms with Crippen molar-refractivity contribution in [3.8, 4) is 6.07 Å². The number of hydrogen-bond acceptors (Lipinski definition) is 5. The molecule has 7 heteroatoms. The molecule has 1 heterocycles. The molecule has 0 unspecified atom stereocenters. The summed E-state index contributed by atoms with van der Waals surface area (Å²) in [6, 6.07) is 15.7. The van der Waals surface area contributed by atoms with Crippen molar-refractivity contribution in [3.05, 3.63) is 65.9 Å². The van der Waals surface area contributed by atoms with Crippen molar-refractivity contribution in [1.82, 2.24) is 4.57 Å². The number of nitrogens with one attached hydrogen (secondary N) is 1. The first kappa shape index (κ1) is 19.8. The van der Waals surface area contributed by atoms with Crippen molar-refractivity contribution in [3.63, 3.8) is 0 Å². The lowest BCUT2D eigenvalue weighted by Gasteiger charge is -2.06. The Bertz CT molecular complexity index is 1110. The van der Waals surface area contributed by atoms with Crippen molar-refractivity contribution in [2.24, 2.45) is 0 Å². The summed E-state index contributed by atoms with van der Waals surface area (Å²) in [5, 5.41) is 12.2. The number of anilines is 1. The van der Waals surface area contributed by atoms with E-state index < -0.39 is 12.6 Å². The number of Topliss-reactive ketones (excluding diaryl/α,β-unsaturated/α-hetero) is 1. The van der Waals surface area contributed by atoms with Crippen LogP contribution in [0.15, 0.2) is 54.7 Å². The molecule has 0 saturated heterocycles. The van der Waals surface area contributed by atoms with E-state index in [-0.39, 0.29) is 17.3 Å². The summed E-state index contributed by atoms with van der Waals surface area (Å²) in [4.78, 5) is 35.9. The van der Waals surface area contributed by atoms with Crippen molar-refractivity contribution >= 4 is 34.3 Å². The summed E-state index contributed by atoms with van der Waals surface area (Å²) in [5.41, 5.74) is 2.15. The molecule has 0 aliphatic rings. The fourth-order valence-corrected chi connectivity index (χ4v) is 3.01. The number of carbonyl (C=O) groups is 3. The number of ketones is 1. The minimum absolute atomic E-state index is 0.208. The van der Waals surface area contributed by atoms with Gasteiger partial charge in [-0.05, 0) is 30.3 Å². The third kappa shape index (κ3) is 4.68. The molecule has 2 aromatic carbocycles. The first-order chi connectivity index (χ1) is 14.0. The number of aryl methyl sites for hydroxylation is 1. The number of rotatable bonds is 7. The highest BCUT2D eigenvalue weighted by Crippen LogP contribution is 2.22. The second kappa shape index (κ2) is 8.85. The van der Waals surface area contributed by atoms with Crippen LogP contribution in [0.1, 0.15) is 34.1 Å². The number of hydrogen-bond donors (Lipinski definition) is 1. The molecule has 0 aliphatic carbocycles. The monoisotopic (exact) mass is 389 g/mol. The molecule has 3 rings (SSSR count). The molecule has 0 aliphatic heterocycles. The van der Waals surface area contributed by atoms with Gasteiger partial charge in [0.25, 0.3) is 0 Å². The lowest BCUT2D eigenvalue weighted by atomic mass is 10.1. The van der Waals surface area contributed by atoms with Gasteiger partial charge in [0.05, 0.1) is 18.1 Å². The molecule has 7 nitrogen and oxygen atoms in total. The van der Waals surface area contributed by atoms with Crippen molar-refractivity contribution < 1.29 is 19.1 Å². The summed E-state index contributed by atoms with van der Waals surface area (Å²) in [6.07, 6.45) is 2.02. The number of benzene rings is 2. The largest absolute Gasteiger partial charge is 0.454 e. The fourth-order valence-electron chi connectivity index (χ4n) is 3.01. The van der Waals surface area contributed by atoms with E-state index in [4.69, 9.17) is 10.00 Å². The molecule has 1 N–H and O–H groups in total. The van der Waals surface area contributed by atoms with E-state index in [1.807, 2.05) is 28.8 Å². The lowest BCUT2D eigenvalue weighted by molar-refractivity contribution is -0.114. The summed E-state index contributed by atoms with van der Waals surface area (Å²) >= 11 is 0. The number of fused-ring (bicyclic) bond motifs is 1. The van der Waals surface area contributed by atoms with E-state index in [0.717, 1.165) is 10.9 Å². The molecule has 1 amide bonds. The van der Waals surface area contributed by atoms with Gasteiger partial charge >= 0.3 is 5.97 Å². The van der Waals surface area contributed by atoms with Gasteiger partial charge in [0.15, 0.2) is 6.61 Å². The molecular weight excluding hydrogens is 370 g/mol. The highest BCUT2D eigenvalue weighted by atomic mass is 16.5. The number of esters is 1. The van der Waals surface area contributed by atoms with Crippen LogP contribution in [-0.2, 0) is 16.1 Å². The lowest BCUT2D eigenvalue weighted by Crippen LogP contribution is -2.14. The van der Waals surface area contributed by atoms with Crippen LogP contribution in [0.3, 0.4) is 0 Å². The first-order valence-electron chi connectivity index (χ1n) is 9.02. The van der Waals surface area contributed by atoms with Crippen LogP contribution in [0.4, 0.5) is 5.69 Å². The Morgan fingerprint density at radius 2 is 1.83 bits per heavy atom. The molecule has 29 heavy (non-hydrogen) atoms. The van der Waals surface area contributed by atoms with Crippen LogP contribution in [0.2, 0.25) is 0 Å². The Morgan fingerprint density at radius 3 is 2.52 bits per heavy atom. The van der Waals surface area contributed by atoms with E-state index >= 15 is 0 Å². The Hall–Kier alpha value is -3.92. The summed E-state index contributed by atoms with van der Waals surface area (Å²) in [6.45, 7) is 1.48. The average Bonchev–Trinajstić information content (AvgIpc) is 3.09. The zero-order chi connectivity index (χ0) is 20.8. The minimum atomic E-state index is -0.624. The smallest absolute Gasteiger partial charge is 0.338 e. The van der Waals surface area contributed by atoms with Gasteiger partial charge in [-0.3, -0.25) is 9.59 Å². The van der Waals surface area contributed by atoms with Gasteiger partial charge in [-0.25, -0.2) is 4.79 Å². The van der Waals surface area contributed by atoms with Crippen LogP contribution in [-0.4, -0.2) is 28.8 Å².